The molecule has 0 radical (unpaired) electrons. The molecule has 0 saturated carbocycles. The van der Waals surface area contributed by atoms with Crippen molar-refractivity contribution < 1.29 is 0 Å². The molecule has 1 N–H and O–H groups in total. The van der Waals surface area contributed by atoms with Crippen LogP contribution in [0.15, 0.2) is 41.3 Å². The number of rotatable bonds is 1. The fraction of sp³-hybridized carbons (Fsp3) is 0. The molecule has 0 unspecified atom stereocenters. The van der Waals surface area contributed by atoms with Crippen LogP contribution in [-0.2, 0) is 0 Å². The number of H-pyrrole nitrogens is 1. The van der Waals surface area contributed by atoms with Crippen molar-refractivity contribution in [2.45, 2.75) is 0 Å². The van der Waals surface area contributed by atoms with Crippen molar-refractivity contribution in [1.82, 2.24) is 4.98 Å². The molecule has 1 aromatic carbocycles. The van der Waals surface area contributed by atoms with E-state index in [2.05, 4.69) is 4.98 Å². The minimum absolute atomic E-state index is 0.186. The van der Waals surface area contributed by atoms with E-state index in [1.165, 1.54) is 0 Å². The molecule has 0 aliphatic carbocycles. The largest absolute Gasteiger partial charge is 0.329 e. The summed E-state index contributed by atoms with van der Waals surface area (Å²) in [6.07, 6.45) is 1.56. The first kappa shape index (κ1) is 10.5. The van der Waals surface area contributed by atoms with Crippen LogP contribution < -0.4 is 5.56 Å². The zero-order valence-corrected chi connectivity index (χ0v) is 8.95. The van der Waals surface area contributed by atoms with Crippen LogP contribution in [0.1, 0.15) is 5.56 Å². The SMILES string of the molecule is N#Cc1cc(-c2ccc[nH]c2=O)ccc1Cl. The third-order valence-electron chi connectivity index (χ3n) is 2.22. The zero-order chi connectivity index (χ0) is 11.5. The van der Waals surface area contributed by atoms with Gasteiger partial charge in [-0.15, -0.1) is 0 Å². The van der Waals surface area contributed by atoms with Crippen LogP contribution in [0, 0.1) is 11.3 Å². The Labute approximate surface area is 96.9 Å². The molecule has 0 spiro atoms. The second-order valence-corrected chi connectivity index (χ2v) is 3.63. The minimum Gasteiger partial charge on any atom is -0.329 e. The van der Waals surface area contributed by atoms with E-state index in [4.69, 9.17) is 16.9 Å². The fourth-order valence-corrected chi connectivity index (χ4v) is 1.59. The van der Waals surface area contributed by atoms with Gasteiger partial charge in [0.2, 0.25) is 0 Å². The second-order valence-electron chi connectivity index (χ2n) is 3.22. The van der Waals surface area contributed by atoms with E-state index in [-0.39, 0.29) is 5.56 Å². The first-order valence-corrected chi connectivity index (χ1v) is 4.98. The molecule has 3 nitrogen and oxygen atoms in total. The summed E-state index contributed by atoms with van der Waals surface area (Å²) in [7, 11) is 0. The quantitative estimate of drug-likeness (QED) is 0.819. The van der Waals surface area contributed by atoms with Gasteiger partial charge in [-0.3, -0.25) is 4.79 Å². The van der Waals surface area contributed by atoms with Crippen molar-refractivity contribution in [3.8, 4) is 17.2 Å². The number of nitriles is 1. The number of aromatic nitrogens is 1. The predicted molar refractivity (Wildman–Crippen MR) is 62.2 cm³/mol. The third kappa shape index (κ3) is 1.83. The van der Waals surface area contributed by atoms with E-state index in [1.807, 2.05) is 6.07 Å². The standard InChI is InChI=1S/C12H7ClN2O/c13-11-4-3-8(6-9(11)7-14)10-2-1-5-15-12(10)16/h1-6H,(H,15,16). The normalized spacial score (nSPS) is 9.75. The maximum atomic E-state index is 11.5. The Hall–Kier alpha value is -2.05. The summed E-state index contributed by atoms with van der Waals surface area (Å²) in [6, 6.07) is 10.3. The van der Waals surface area contributed by atoms with E-state index < -0.39 is 0 Å². The van der Waals surface area contributed by atoms with Crippen molar-refractivity contribution >= 4 is 11.6 Å². The summed E-state index contributed by atoms with van der Waals surface area (Å²) in [5.41, 5.74) is 1.38. The van der Waals surface area contributed by atoms with Crippen LogP contribution in [0.4, 0.5) is 0 Å². The molecule has 2 aromatic rings. The average molecular weight is 231 g/mol. The highest BCUT2D eigenvalue weighted by atomic mass is 35.5. The molecular weight excluding hydrogens is 224 g/mol. The Bertz CT molecular complexity index is 625. The van der Waals surface area contributed by atoms with E-state index >= 15 is 0 Å². The van der Waals surface area contributed by atoms with Crippen molar-refractivity contribution in [1.29, 1.82) is 5.26 Å². The lowest BCUT2D eigenvalue weighted by atomic mass is 10.1. The zero-order valence-electron chi connectivity index (χ0n) is 8.20. The highest BCUT2D eigenvalue weighted by Gasteiger charge is 2.05. The minimum atomic E-state index is -0.186. The molecule has 0 aliphatic heterocycles. The number of aromatic amines is 1. The molecule has 1 aromatic heterocycles. The Morgan fingerprint density at radius 3 is 2.81 bits per heavy atom. The molecule has 0 bridgehead atoms. The monoisotopic (exact) mass is 230 g/mol. The Kier molecular flexibility index (Phi) is 2.76. The number of hydrogen-bond acceptors (Lipinski definition) is 2. The second kappa shape index (κ2) is 4.21. The van der Waals surface area contributed by atoms with Gasteiger partial charge in [0.25, 0.3) is 5.56 Å². The summed E-state index contributed by atoms with van der Waals surface area (Å²) in [4.78, 5) is 14.1. The molecule has 2 rings (SSSR count). The molecular formula is C12H7ClN2O. The molecule has 0 atom stereocenters. The molecule has 1 heterocycles. The highest BCUT2D eigenvalue weighted by molar-refractivity contribution is 6.31. The Morgan fingerprint density at radius 2 is 2.12 bits per heavy atom. The molecule has 0 fully saturated rings. The first-order valence-electron chi connectivity index (χ1n) is 4.60. The molecule has 0 aliphatic rings. The predicted octanol–water partition coefficient (Wildman–Crippen LogP) is 2.57. The summed E-state index contributed by atoms with van der Waals surface area (Å²) >= 11 is 5.82. The van der Waals surface area contributed by atoms with Crippen molar-refractivity contribution in [3.63, 3.8) is 0 Å². The van der Waals surface area contributed by atoms with E-state index in [0.29, 0.717) is 21.7 Å². The molecule has 0 amide bonds. The number of halogens is 1. The number of pyridine rings is 1. The lowest BCUT2D eigenvalue weighted by Gasteiger charge is -2.01. The van der Waals surface area contributed by atoms with Crippen molar-refractivity contribution in [3.05, 3.63) is 57.5 Å². The van der Waals surface area contributed by atoms with E-state index in [1.54, 1.807) is 36.5 Å². The van der Waals surface area contributed by atoms with Gasteiger partial charge in [0.1, 0.15) is 6.07 Å². The van der Waals surface area contributed by atoms with Gasteiger partial charge in [0, 0.05) is 11.8 Å². The lowest BCUT2D eigenvalue weighted by Crippen LogP contribution is -2.06. The van der Waals surface area contributed by atoms with Gasteiger partial charge in [-0.1, -0.05) is 17.7 Å². The van der Waals surface area contributed by atoms with Gasteiger partial charge in [-0.2, -0.15) is 5.26 Å². The maximum Gasteiger partial charge on any atom is 0.255 e. The first-order chi connectivity index (χ1) is 7.72. The van der Waals surface area contributed by atoms with Crippen LogP contribution in [-0.4, -0.2) is 4.98 Å². The van der Waals surface area contributed by atoms with E-state index in [0.717, 1.165) is 0 Å². The van der Waals surface area contributed by atoms with Crippen LogP contribution in [0.5, 0.6) is 0 Å². The van der Waals surface area contributed by atoms with Crippen LogP contribution in [0.25, 0.3) is 11.1 Å². The summed E-state index contributed by atoms with van der Waals surface area (Å²) in [5, 5.41) is 9.23. The van der Waals surface area contributed by atoms with Crippen molar-refractivity contribution in [2.75, 3.05) is 0 Å². The highest BCUT2D eigenvalue weighted by Crippen LogP contribution is 2.22. The van der Waals surface area contributed by atoms with Gasteiger partial charge in [-0.25, -0.2) is 0 Å². The summed E-state index contributed by atoms with van der Waals surface area (Å²) in [5.74, 6) is 0. The topological polar surface area (TPSA) is 56.6 Å². The van der Waals surface area contributed by atoms with Gasteiger partial charge in [-0.05, 0) is 29.8 Å². The van der Waals surface area contributed by atoms with E-state index in [9.17, 15) is 4.79 Å². The van der Waals surface area contributed by atoms with Gasteiger partial charge in [0.05, 0.1) is 10.6 Å². The molecule has 78 valence electrons. The van der Waals surface area contributed by atoms with Crippen LogP contribution in [0.2, 0.25) is 5.02 Å². The molecule has 16 heavy (non-hydrogen) atoms. The van der Waals surface area contributed by atoms with Gasteiger partial charge in [0.15, 0.2) is 0 Å². The van der Waals surface area contributed by atoms with Gasteiger partial charge >= 0.3 is 0 Å². The average Bonchev–Trinajstić information content (AvgIpc) is 2.31. The number of benzene rings is 1. The van der Waals surface area contributed by atoms with Crippen molar-refractivity contribution in [2.24, 2.45) is 0 Å². The van der Waals surface area contributed by atoms with Crippen LogP contribution in [0.3, 0.4) is 0 Å². The summed E-state index contributed by atoms with van der Waals surface area (Å²) < 4.78 is 0. The number of nitrogens with one attached hydrogen (secondary N) is 1. The Balaban J connectivity index is 2.63. The molecule has 0 saturated heterocycles. The fourth-order valence-electron chi connectivity index (χ4n) is 1.43. The maximum absolute atomic E-state index is 11.5. The Morgan fingerprint density at radius 1 is 1.31 bits per heavy atom. The number of nitrogens with zero attached hydrogens (tertiary/aromatic N) is 1. The summed E-state index contributed by atoms with van der Waals surface area (Å²) in [6.45, 7) is 0. The van der Waals surface area contributed by atoms with Crippen LogP contribution >= 0.6 is 11.6 Å². The number of hydrogen-bond donors (Lipinski definition) is 1. The van der Waals surface area contributed by atoms with Gasteiger partial charge < -0.3 is 4.98 Å². The lowest BCUT2D eigenvalue weighted by molar-refractivity contribution is 1.24. The smallest absolute Gasteiger partial charge is 0.255 e. The molecule has 4 heteroatoms. The third-order valence-corrected chi connectivity index (χ3v) is 2.55.